The molecule has 1 aromatic carbocycles. The number of hydrogen-bond donors (Lipinski definition) is 3. The average molecular weight is 536 g/mol. The van der Waals surface area contributed by atoms with Gasteiger partial charge in [-0.2, -0.15) is 0 Å². The van der Waals surface area contributed by atoms with E-state index in [0.717, 1.165) is 4.90 Å². The number of β-lactam (4-membered cyclic amide) rings is 1. The number of fused-ring (bicyclic) bond motifs is 1. The number of nitrogens with zero attached hydrogens (tertiary/aromatic N) is 5. The lowest BCUT2D eigenvalue weighted by Crippen LogP contribution is -2.81. The van der Waals surface area contributed by atoms with Crippen LogP contribution in [0, 0.1) is 0 Å². The highest BCUT2D eigenvalue weighted by Gasteiger charge is 2.66. The van der Waals surface area contributed by atoms with E-state index in [0.29, 0.717) is 22.0 Å². The van der Waals surface area contributed by atoms with Crippen molar-refractivity contribution in [2.45, 2.75) is 22.3 Å². The van der Waals surface area contributed by atoms with Crippen molar-refractivity contribution in [2.75, 3.05) is 18.6 Å². The molecule has 4 rings (SSSR count). The summed E-state index contributed by atoms with van der Waals surface area (Å²) in [4.78, 5) is 39.9. The second-order valence-corrected chi connectivity index (χ2v) is 9.77. The summed E-state index contributed by atoms with van der Waals surface area (Å²) < 4.78 is 7.00. The Labute approximate surface area is 213 Å². The second kappa shape index (κ2) is 10.3. The van der Waals surface area contributed by atoms with Gasteiger partial charge in [-0.25, -0.2) is 9.48 Å². The standard InChI is InChI=1S/C20H21N7O5S3/c1-26-19(23-24-25-26)35-9-12-8-34-18-20(32-2,17(31)27(18)14(12)16(29)30)22-15(28)13(21-10-33)11-6-4-3-5-7-11/h3-7,10,13,18H,8-9H2,1-2H3,(H,21,33)(H,22,28)(H,29,30)/t13?,18?,20-/m1/s1. The van der Waals surface area contributed by atoms with Gasteiger partial charge in [0.25, 0.3) is 11.6 Å². The van der Waals surface area contributed by atoms with Crippen molar-refractivity contribution in [3.05, 3.63) is 47.2 Å². The van der Waals surface area contributed by atoms with Crippen molar-refractivity contribution in [1.82, 2.24) is 35.7 Å². The summed E-state index contributed by atoms with van der Waals surface area (Å²) in [5, 5.41) is 26.4. The number of ether oxygens (including phenoxy) is 1. The number of aryl methyl sites for hydroxylation is 1. The molecule has 3 atom stereocenters. The maximum Gasteiger partial charge on any atom is 0.352 e. The van der Waals surface area contributed by atoms with E-state index in [1.165, 1.54) is 40.8 Å². The fourth-order valence-electron chi connectivity index (χ4n) is 3.84. The molecule has 0 bridgehead atoms. The number of thiocarbonyl (C=S) groups is 1. The van der Waals surface area contributed by atoms with Crippen LogP contribution in [-0.4, -0.2) is 83.2 Å². The number of aliphatic carboxylic acids is 1. The van der Waals surface area contributed by atoms with E-state index in [2.05, 4.69) is 26.2 Å². The summed E-state index contributed by atoms with van der Waals surface area (Å²) in [6.07, 6.45) is 0. The number of thioether (sulfide) groups is 2. The van der Waals surface area contributed by atoms with Crippen LogP contribution in [0.2, 0.25) is 0 Å². The minimum absolute atomic E-state index is 0.125. The zero-order valence-corrected chi connectivity index (χ0v) is 21.0. The molecule has 15 heteroatoms. The van der Waals surface area contributed by atoms with Gasteiger partial charge in [-0.1, -0.05) is 54.3 Å². The van der Waals surface area contributed by atoms with Gasteiger partial charge >= 0.3 is 5.97 Å². The number of carbonyl (C=O) groups is 3. The number of aromatic nitrogens is 4. The van der Waals surface area contributed by atoms with E-state index in [4.69, 9.17) is 17.0 Å². The van der Waals surface area contributed by atoms with Crippen LogP contribution in [0.15, 0.2) is 46.8 Å². The van der Waals surface area contributed by atoms with Crippen LogP contribution in [0.3, 0.4) is 0 Å². The van der Waals surface area contributed by atoms with E-state index in [-0.39, 0.29) is 11.4 Å². The molecular formula is C20H21N7O5S3. The zero-order chi connectivity index (χ0) is 25.2. The molecular weight excluding hydrogens is 514 g/mol. The van der Waals surface area contributed by atoms with Gasteiger partial charge in [0.1, 0.15) is 17.1 Å². The molecule has 1 aromatic heterocycles. The lowest BCUT2D eigenvalue weighted by molar-refractivity contribution is -0.192. The molecule has 35 heavy (non-hydrogen) atoms. The molecule has 12 nitrogen and oxygen atoms in total. The average Bonchev–Trinajstić information content (AvgIpc) is 3.28. The van der Waals surface area contributed by atoms with Crippen molar-refractivity contribution in [3.8, 4) is 0 Å². The first-order chi connectivity index (χ1) is 16.8. The van der Waals surface area contributed by atoms with Crippen LogP contribution >= 0.6 is 35.7 Å². The van der Waals surface area contributed by atoms with Gasteiger partial charge < -0.3 is 20.5 Å². The number of carbonyl (C=O) groups excluding carboxylic acids is 2. The molecule has 0 spiro atoms. The number of amides is 2. The largest absolute Gasteiger partial charge is 0.477 e. The van der Waals surface area contributed by atoms with Crippen LogP contribution in [0.1, 0.15) is 11.6 Å². The topological polar surface area (TPSA) is 152 Å². The summed E-state index contributed by atoms with van der Waals surface area (Å²) in [5.74, 6) is -1.85. The summed E-state index contributed by atoms with van der Waals surface area (Å²) in [6, 6.07) is 8.01. The number of nitrogens with one attached hydrogen (secondary N) is 2. The lowest BCUT2D eigenvalue weighted by Gasteiger charge is -2.56. The highest BCUT2D eigenvalue weighted by Crippen LogP contribution is 2.47. The van der Waals surface area contributed by atoms with Crippen LogP contribution in [0.4, 0.5) is 0 Å². The molecule has 0 aliphatic carbocycles. The van der Waals surface area contributed by atoms with E-state index >= 15 is 0 Å². The second-order valence-electron chi connectivity index (χ2n) is 7.53. The maximum atomic E-state index is 13.3. The van der Waals surface area contributed by atoms with Crippen molar-refractivity contribution >= 4 is 59.0 Å². The summed E-state index contributed by atoms with van der Waals surface area (Å²) >= 11 is 7.45. The number of tetrazole rings is 1. The third kappa shape index (κ3) is 4.51. The van der Waals surface area contributed by atoms with Gasteiger partial charge in [-0.15, -0.1) is 16.9 Å². The Balaban J connectivity index is 1.57. The van der Waals surface area contributed by atoms with Crippen molar-refractivity contribution < 1.29 is 24.2 Å². The number of methoxy groups -OCH3 is 1. The van der Waals surface area contributed by atoms with Crippen molar-refractivity contribution in [1.29, 1.82) is 0 Å². The number of rotatable bonds is 10. The first-order valence-corrected chi connectivity index (χ1v) is 12.7. The van der Waals surface area contributed by atoms with E-state index in [1.54, 1.807) is 31.3 Å². The molecule has 0 saturated carbocycles. The van der Waals surface area contributed by atoms with E-state index in [9.17, 15) is 19.5 Å². The van der Waals surface area contributed by atoms with E-state index < -0.39 is 34.9 Å². The summed E-state index contributed by atoms with van der Waals surface area (Å²) in [6.45, 7) is 0. The Hall–Kier alpha value is -3.01. The van der Waals surface area contributed by atoms with Crippen LogP contribution in [0.5, 0.6) is 0 Å². The molecule has 1 fully saturated rings. The van der Waals surface area contributed by atoms with Crippen LogP contribution in [0.25, 0.3) is 0 Å². The van der Waals surface area contributed by atoms with Gasteiger partial charge in [0.15, 0.2) is 0 Å². The van der Waals surface area contributed by atoms with Crippen molar-refractivity contribution in [3.63, 3.8) is 0 Å². The minimum atomic E-state index is -1.72. The number of carboxylic acids is 1. The molecule has 2 unspecified atom stereocenters. The fourth-order valence-corrected chi connectivity index (χ4v) is 6.41. The fraction of sp³-hybridized carbons (Fsp3) is 0.350. The molecule has 184 valence electrons. The zero-order valence-electron chi connectivity index (χ0n) is 18.6. The molecule has 1 saturated heterocycles. The highest BCUT2D eigenvalue weighted by atomic mass is 32.2. The quantitative estimate of drug-likeness (QED) is 0.166. The number of carboxylic acid groups (broad SMARTS) is 1. The van der Waals surface area contributed by atoms with Gasteiger partial charge in [0.2, 0.25) is 11.1 Å². The Morgan fingerprint density at radius 2 is 2.17 bits per heavy atom. The van der Waals surface area contributed by atoms with Gasteiger partial charge in [0.05, 0.1) is 5.49 Å². The Morgan fingerprint density at radius 3 is 2.77 bits per heavy atom. The molecule has 2 aromatic rings. The highest BCUT2D eigenvalue weighted by molar-refractivity contribution is 8.01. The van der Waals surface area contributed by atoms with E-state index in [1.807, 2.05) is 6.07 Å². The smallest absolute Gasteiger partial charge is 0.352 e. The van der Waals surface area contributed by atoms with Gasteiger partial charge in [0, 0.05) is 25.7 Å². The molecule has 2 aliphatic heterocycles. The third-order valence-electron chi connectivity index (χ3n) is 5.53. The van der Waals surface area contributed by atoms with Crippen molar-refractivity contribution in [2.24, 2.45) is 7.05 Å². The first-order valence-electron chi connectivity index (χ1n) is 10.2. The van der Waals surface area contributed by atoms with Crippen LogP contribution in [-0.2, 0) is 26.2 Å². The minimum Gasteiger partial charge on any atom is -0.477 e. The monoisotopic (exact) mass is 535 g/mol. The Kier molecular flexibility index (Phi) is 7.39. The summed E-state index contributed by atoms with van der Waals surface area (Å²) in [7, 11) is 2.98. The Morgan fingerprint density at radius 1 is 1.43 bits per heavy atom. The normalized spacial score (nSPS) is 22.2. The molecule has 0 radical (unpaired) electrons. The Bertz CT molecular complexity index is 1190. The maximum absolute atomic E-state index is 13.3. The molecule has 2 amide bonds. The molecule has 3 N–H and O–H groups in total. The summed E-state index contributed by atoms with van der Waals surface area (Å²) in [5.41, 5.74) is 0.565. The molecule has 3 heterocycles. The number of benzene rings is 1. The predicted molar refractivity (Wildman–Crippen MR) is 131 cm³/mol. The lowest BCUT2D eigenvalue weighted by atomic mass is 9.97. The first kappa shape index (κ1) is 25.1. The molecule has 2 aliphatic rings. The SMILES string of the molecule is CO[C@]1(NC(=O)C(NC=S)c2ccccc2)C(=O)N2C(C(=O)O)=C(CSc3nnnn3C)CSC21. The predicted octanol–water partition coefficient (Wildman–Crippen LogP) is 0.303. The van der Waals surface area contributed by atoms with Gasteiger partial charge in [-0.3, -0.25) is 14.5 Å². The third-order valence-corrected chi connectivity index (χ3v) is 8.14. The van der Waals surface area contributed by atoms with Gasteiger partial charge in [-0.05, 0) is 21.6 Å². The number of hydrogen-bond acceptors (Lipinski definition) is 10. The van der Waals surface area contributed by atoms with Crippen LogP contribution < -0.4 is 10.6 Å².